The number of hydrogen-bond donors (Lipinski definition) is 0. The number of aryl methyl sites for hydroxylation is 3. The van der Waals surface area contributed by atoms with Gasteiger partial charge in [0.2, 0.25) is 0 Å². The highest BCUT2D eigenvalue weighted by atomic mass is 16.5. The molecule has 5 nitrogen and oxygen atoms in total. The van der Waals surface area contributed by atoms with Gasteiger partial charge in [-0.1, -0.05) is 29.8 Å². The first kappa shape index (κ1) is 19.2. The molecule has 29 heavy (non-hydrogen) atoms. The summed E-state index contributed by atoms with van der Waals surface area (Å²) in [6.07, 6.45) is 2.05. The Bertz CT molecular complexity index is 1030. The number of amides is 2. The van der Waals surface area contributed by atoms with Gasteiger partial charge < -0.3 is 9.64 Å². The highest BCUT2D eigenvalue weighted by Gasteiger charge is 2.44. The zero-order valence-electron chi connectivity index (χ0n) is 17.4. The van der Waals surface area contributed by atoms with Crippen LogP contribution in [0.2, 0.25) is 0 Å². The standard InChI is InChI=1S/C24H26N2O3/c1-15-7-9-18(17(3)13-15)21-22(25-11-5-6-12-25)24(28)26(23(21)27)19-14-16(2)8-10-20(19)29-4/h7-10,13-14H,5-6,11-12H2,1-4H3. The van der Waals surface area contributed by atoms with E-state index in [0.717, 1.165) is 48.2 Å². The fourth-order valence-electron chi connectivity index (χ4n) is 4.28. The van der Waals surface area contributed by atoms with Crippen LogP contribution >= 0.6 is 0 Å². The summed E-state index contributed by atoms with van der Waals surface area (Å²) < 4.78 is 5.47. The number of carbonyl (C=O) groups is 2. The Labute approximate surface area is 171 Å². The summed E-state index contributed by atoms with van der Waals surface area (Å²) >= 11 is 0. The van der Waals surface area contributed by atoms with Crippen LogP contribution in [0.15, 0.2) is 42.1 Å². The van der Waals surface area contributed by atoms with Crippen molar-refractivity contribution in [3.63, 3.8) is 0 Å². The summed E-state index contributed by atoms with van der Waals surface area (Å²) in [5.74, 6) is -0.0384. The number of benzene rings is 2. The predicted octanol–water partition coefficient (Wildman–Crippen LogP) is 4.00. The molecule has 2 aromatic rings. The molecule has 4 rings (SSSR count). The lowest BCUT2D eigenvalue weighted by Gasteiger charge is -2.21. The molecule has 0 bridgehead atoms. The maximum atomic E-state index is 13.7. The Morgan fingerprint density at radius 1 is 0.862 bits per heavy atom. The van der Waals surface area contributed by atoms with E-state index in [1.807, 2.05) is 45.0 Å². The third-order valence-electron chi connectivity index (χ3n) is 5.71. The van der Waals surface area contributed by atoms with E-state index in [9.17, 15) is 9.59 Å². The summed E-state index contributed by atoms with van der Waals surface area (Å²) in [6.45, 7) is 7.54. The van der Waals surface area contributed by atoms with Crippen LogP contribution in [0.25, 0.3) is 5.57 Å². The largest absolute Gasteiger partial charge is 0.495 e. The average Bonchev–Trinajstić information content (AvgIpc) is 3.28. The van der Waals surface area contributed by atoms with Gasteiger partial charge in [0.1, 0.15) is 11.4 Å². The van der Waals surface area contributed by atoms with Crippen molar-refractivity contribution in [3.8, 4) is 5.75 Å². The molecule has 2 aromatic carbocycles. The van der Waals surface area contributed by atoms with Crippen LogP contribution in [0, 0.1) is 20.8 Å². The van der Waals surface area contributed by atoms with E-state index in [1.165, 1.54) is 4.90 Å². The monoisotopic (exact) mass is 390 g/mol. The fraction of sp³-hybridized carbons (Fsp3) is 0.333. The first-order valence-electron chi connectivity index (χ1n) is 10.0. The highest BCUT2D eigenvalue weighted by Crippen LogP contribution is 2.40. The summed E-state index contributed by atoms with van der Waals surface area (Å²) in [6, 6.07) is 11.5. The molecule has 0 atom stereocenters. The van der Waals surface area contributed by atoms with E-state index in [4.69, 9.17) is 4.74 Å². The molecule has 0 saturated carbocycles. The molecule has 1 saturated heterocycles. The topological polar surface area (TPSA) is 49.9 Å². The van der Waals surface area contributed by atoms with E-state index in [0.29, 0.717) is 22.7 Å². The number of methoxy groups -OCH3 is 1. The third-order valence-corrected chi connectivity index (χ3v) is 5.71. The highest BCUT2D eigenvalue weighted by molar-refractivity contribution is 6.45. The van der Waals surface area contributed by atoms with Gasteiger partial charge in [0.25, 0.3) is 11.8 Å². The zero-order chi connectivity index (χ0) is 20.7. The van der Waals surface area contributed by atoms with Gasteiger partial charge in [0, 0.05) is 13.1 Å². The van der Waals surface area contributed by atoms with Crippen LogP contribution in [0.5, 0.6) is 5.75 Å². The van der Waals surface area contributed by atoms with E-state index in [-0.39, 0.29) is 11.8 Å². The minimum atomic E-state index is -0.284. The summed E-state index contributed by atoms with van der Waals surface area (Å²) in [5.41, 5.74) is 5.42. The fourth-order valence-corrected chi connectivity index (χ4v) is 4.28. The lowest BCUT2D eigenvalue weighted by atomic mass is 9.97. The van der Waals surface area contributed by atoms with E-state index >= 15 is 0 Å². The van der Waals surface area contributed by atoms with Crippen molar-refractivity contribution >= 4 is 23.1 Å². The normalized spacial score (nSPS) is 17.0. The Kier molecular flexibility index (Phi) is 4.91. The molecule has 0 spiro atoms. The molecule has 5 heteroatoms. The number of carbonyl (C=O) groups excluding carboxylic acids is 2. The van der Waals surface area contributed by atoms with Crippen molar-refractivity contribution < 1.29 is 14.3 Å². The molecule has 0 aromatic heterocycles. The molecule has 2 amide bonds. The second-order valence-electron chi connectivity index (χ2n) is 7.86. The molecular formula is C24H26N2O3. The van der Waals surface area contributed by atoms with Crippen LogP contribution in [-0.4, -0.2) is 36.9 Å². The average molecular weight is 390 g/mol. The van der Waals surface area contributed by atoms with Gasteiger partial charge in [-0.15, -0.1) is 0 Å². The lowest BCUT2D eigenvalue weighted by Crippen LogP contribution is -2.34. The van der Waals surface area contributed by atoms with Crippen molar-refractivity contribution in [1.82, 2.24) is 4.90 Å². The van der Waals surface area contributed by atoms with Crippen molar-refractivity contribution in [2.45, 2.75) is 33.6 Å². The van der Waals surface area contributed by atoms with Crippen molar-refractivity contribution in [3.05, 3.63) is 64.3 Å². The number of nitrogens with zero attached hydrogens (tertiary/aromatic N) is 2. The van der Waals surface area contributed by atoms with E-state index < -0.39 is 0 Å². The van der Waals surface area contributed by atoms with Gasteiger partial charge in [0.05, 0.1) is 18.4 Å². The van der Waals surface area contributed by atoms with Gasteiger partial charge >= 0.3 is 0 Å². The molecule has 0 radical (unpaired) electrons. The minimum Gasteiger partial charge on any atom is -0.495 e. The van der Waals surface area contributed by atoms with Gasteiger partial charge in [-0.2, -0.15) is 0 Å². The van der Waals surface area contributed by atoms with E-state index in [1.54, 1.807) is 13.2 Å². The Hall–Kier alpha value is -3.08. The number of anilines is 1. The molecule has 2 heterocycles. The first-order chi connectivity index (χ1) is 13.9. The molecule has 150 valence electrons. The maximum absolute atomic E-state index is 13.7. The Morgan fingerprint density at radius 2 is 1.52 bits per heavy atom. The second kappa shape index (κ2) is 7.39. The molecule has 0 N–H and O–H groups in total. The zero-order valence-corrected chi connectivity index (χ0v) is 17.4. The van der Waals surface area contributed by atoms with Crippen molar-refractivity contribution in [1.29, 1.82) is 0 Å². The molecule has 2 aliphatic rings. The number of rotatable bonds is 4. The summed E-state index contributed by atoms with van der Waals surface area (Å²) in [4.78, 5) is 30.6. The molecule has 0 aliphatic carbocycles. The number of imide groups is 1. The summed E-state index contributed by atoms with van der Waals surface area (Å²) in [5, 5.41) is 0. The third kappa shape index (κ3) is 3.20. The van der Waals surface area contributed by atoms with Gasteiger partial charge in [-0.25, -0.2) is 4.90 Å². The van der Waals surface area contributed by atoms with Gasteiger partial charge in [-0.05, 0) is 62.4 Å². The maximum Gasteiger partial charge on any atom is 0.282 e. The predicted molar refractivity (Wildman–Crippen MR) is 114 cm³/mol. The first-order valence-corrected chi connectivity index (χ1v) is 10.0. The molecule has 0 unspecified atom stereocenters. The number of likely N-dealkylation sites (tertiary alicyclic amines) is 1. The Morgan fingerprint density at radius 3 is 2.17 bits per heavy atom. The van der Waals surface area contributed by atoms with Crippen molar-refractivity contribution in [2.75, 3.05) is 25.1 Å². The van der Waals surface area contributed by atoms with Crippen LogP contribution in [0.1, 0.15) is 35.1 Å². The smallest absolute Gasteiger partial charge is 0.282 e. The summed E-state index contributed by atoms with van der Waals surface area (Å²) in [7, 11) is 1.55. The SMILES string of the molecule is COc1ccc(C)cc1N1C(=O)C(c2ccc(C)cc2C)=C(N2CCCC2)C1=O. The van der Waals surface area contributed by atoms with E-state index in [2.05, 4.69) is 11.0 Å². The molecule has 2 aliphatic heterocycles. The molecular weight excluding hydrogens is 364 g/mol. The van der Waals surface area contributed by atoms with Crippen LogP contribution in [-0.2, 0) is 9.59 Å². The van der Waals surface area contributed by atoms with Gasteiger partial charge in [-0.3, -0.25) is 9.59 Å². The number of hydrogen-bond acceptors (Lipinski definition) is 4. The Balaban J connectivity index is 1.90. The quantitative estimate of drug-likeness (QED) is 0.741. The minimum absolute atomic E-state index is 0.268. The van der Waals surface area contributed by atoms with Crippen molar-refractivity contribution in [2.24, 2.45) is 0 Å². The van der Waals surface area contributed by atoms with Crippen LogP contribution in [0.3, 0.4) is 0 Å². The number of ether oxygens (including phenoxy) is 1. The molecule has 1 fully saturated rings. The van der Waals surface area contributed by atoms with Crippen LogP contribution < -0.4 is 9.64 Å². The van der Waals surface area contributed by atoms with Gasteiger partial charge in [0.15, 0.2) is 0 Å². The second-order valence-corrected chi connectivity index (χ2v) is 7.86. The lowest BCUT2D eigenvalue weighted by molar-refractivity contribution is -0.120. The van der Waals surface area contributed by atoms with Crippen LogP contribution in [0.4, 0.5) is 5.69 Å².